The van der Waals surface area contributed by atoms with Crippen molar-refractivity contribution < 1.29 is 13.2 Å². The highest BCUT2D eigenvalue weighted by molar-refractivity contribution is 5.92. The maximum Gasteiger partial charge on any atom is 0.418 e. The summed E-state index contributed by atoms with van der Waals surface area (Å²) in [6.45, 7) is 0. The molecule has 0 amide bonds. The van der Waals surface area contributed by atoms with Crippen LogP contribution in [0.1, 0.15) is 5.56 Å². The lowest BCUT2D eigenvalue weighted by atomic mass is 10.1. The lowest BCUT2D eigenvalue weighted by Crippen LogP contribution is -2.07. The van der Waals surface area contributed by atoms with Crippen LogP contribution in [-0.4, -0.2) is 9.97 Å². The molecule has 106 valence electrons. The van der Waals surface area contributed by atoms with Crippen LogP contribution in [0.4, 0.5) is 24.7 Å². The molecule has 0 spiro atoms. The quantitative estimate of drug-likeness (QED) is 0.760. The van der Waals surface area contributed by atoms with Gasteiger partial charge in [0.1, 0.15) is 12.1 Å². The number of nitrogens with one attached hydrogen (secondary N) is 1. The van der Waals surface area contributed by atoms with E-state index in [0.29, 0.717) is 11.2 Å². The molecule has 0 atom stereocenters. The minimum absolute atomic E-state index is 0.113. The van der Waals surface area contributed by atoms with Gasteiger partial charge in [-0.25, -0.2) is 9.97 Å². The van der Waals surface area contributed by atoms with Gasteiger partial charge in [-0.15, -0.1) is 0 Å². The van der Waals surface area contributed by atoms with Crippen molar-refractivity contribution in [3.63, 3.8) is 0 Å². The topological polar surface area (TPSA) is 37.8 Å². The van der Waals surface area contributed by atoms with E-state index in [1.807, 2.05) is 30.3 Å². The van der Waals surface area contributed by atoms with Crippen molar-refractivity contribution in [3.8, 4) is 0 Å². The number of benzene rings is 2. The average molecular weight is 289 g/mol. The zero-order chi connectivity index (χ0) is 14.9. The Labute approximate surface area is 118 Å². The predicted octanol–water partition coefficient (Wildman–Crippen LogP) is 4.39. The highest BCUT2D eigenvalue weighted by Crippen LogP contribution is 2.35. The SMILES string of the molecule is FC(F)(F)c1cccc2c(Nc3ccccc3)ncnc12. The fourth-order valence-electron chi connectivity index (χ4n) is 2.07. The van der Waals surface area contributed by atoms with E-state index in [1.54, 1.807) is 6.07 Å². The first kappa shape index (κ1) is 13.4. The van der Waals surface area contributed by atoms with E-state index in [2.05, 4.69) is 15.3 Å². The second kappa shape index (κ2) is 5.05. The molecule has 3 nitrogen and oxygen atoms in total. The summed E-state index contributed by atoms with van der Waals surface area (Å²) in [7, 11) is 0. The Bertz CT molecular complexity index is 770. The molecular formula is C15H10F3N3. The summed E-state index contributed by atoms with van der Waals surface area (Å²) in [6.07, 6.45) is -3.32. The highest BCUT2D eigenvalue weighted by Gasteiger charge is 2.33. The summed E-state index contributed by atoms with van der Waals surface area (Å²) >= 11 is 0. The Hall–Kier alpha value is -2.63. The number of rotatable bonds is 2. The zero-order valence-electron chi connectivity index (χ0n) is 10.7. The fourth-order valence-corrected chi connectivity index (χ4v) is 2.07. The molecule has 0 unspecified atom stereocenters. The van der Waals surface area contributed by atoms with E-state index in [4.69, 9.17) is 0 Å². The molecule has 0 fully saturated rings. The van der Waals surface area contributed by atoms with Crippen molar-refractivity contribution in [1.82, 2.24) is 9.97 Å². The van der Waals surface area contributed by atoms with Gasteiger partial charge in [-0.05, 0) is 24.3 Å². The Kier molecular flexibility index (Phi) is 3.21. The van der Waals surface area contributed by atoms with Crippen LogP contribution in [0, 0.1) is 0 Å². The standard InChI is InChI=1S/C15H10F3N3/c16-15(17,18)12-8-4-7-11-13(12)19-9-20-14(11)21-10-5-2-1-3-6-10/h1-9H,(H,19,20,21). The normalized spacial score (nSPS) is 11.6. The van der Waals surface area contributed by atoms with E-state index < -0.39 is 11.7 Å². The monoisotopic (exact) mass is 289 g/mol. The van der Waals surface area contributed by atoms with Gasteiger partial charge in [-0.1, -0.05) is 24.3 Å². The molecule has 0 saturated heterocycles. The second-order valence-corrected chi connectivity index (χ2v) is 4.41. The number of aromatic nitrogens is 2. The molecule has 0 saturated carbocycles. The molecule has 1 heterocycles. The summed E-state index contributed by atoms with van der Waals surface area (Å²) < 4.78 is 39.0. The maximum absolute atomic E-state index is 13.0. The van der Waals surface area contributed by atoms with Crippen LogP contribution < -0.4 is 5.32 Å². The van der Waals surface area contributed by atoms with Crippen LogP contribution in [0.5, 0.6) is 0 Å². The van der Waals surface area contributed by atoms with Crippen molar-refractivity contribution in [2.75, 3.05) is 5.32 Å². The first-order chi connectivity index (χ1) is 10.1. The summed E-state index contributed by atoms with van der Waals surface area (Å²) in [5.41, 5.74) is -0.133. The molecule has 2 aromatic carbocycles. The van der Waals surface area contributed by atoms with E-state index in [0.717, 1.165) is 18.1 Å². The van der Waals surface area contributed by atoms with E-state index in [-0.39, 0.29) is 5.52 Å². The van der Waals surface area contributed by atoms with Crippen molar-refractivity contribution in [2.24, 2.45) is 0 Å². The van der Waals surface area contributed by atoms with Gasteiger partial charge in [0, 0.05) is 11.1 Å². The molecule has 1 N–H and O–H groups in total. The van der Waals surface area contributed by atoms with E-state index >= 15 is 0 Å². The summed E-state index contributed by atoms with van der Waals surface area (Å²) in [4.78, 5) is 7.81. The van der Waals surface area contributed by atoms with Gasteiger partial charge in [0.25, 0.3) is 0 Å². The lowest BCUT2D eigenvalue weighted by Gasteiger charge is -2.12. The van der Waals surface area contributed by atoms with Crippen LogP contribution in [0.25, 0.3) is 10.9 Å². The minimum atomic E-state index is -4.45. The smallest absolute Gasteiger partial charge is 0.340 e. The Morgan fingerprint density at radius 1 is 0.857 bits per heavy atom. The number of nitrogens with zero attached hydrogens (tertiary/aromatic N) is 2. The highest BCUT2D eigenvalue weighted by atomic mass is 19.4. The lowest BCUT2D eigenvalue weighted by molar-refractivity contribution is -0.136. The van der Waals surface area contributed by atoms with Crippen LogP contribution in [0.3, 0.4) is 0 Å². The predicted molar refractivity (Wildman–Crippen MR) is 74.3 cm³/mol. The minimum Gasteiger partial charge on any atom is -0.340 e. The van der Waals surface area contributed by atoms with E-state index in [1.165, 1.54) is 6.07 Å². The zero-order valence-corrected chi connectivity index (χ0v) is 10.7. The van der Waals surface area contributed by atoms with Crippen LogP contribution in [0.15, 0.2) is 54.9 Å². The van der Waals surface area contributed by atoms with Crippen molar-refractivity contribution in [3.05, 3.63) is 60.4 Å². The van der Waals surface area contributed by atoms with Gasteiger partial charge in [0.15, 0.2) is 0 Å². The number of anilines is 2. The number of alkyl halides is 3. The van der Waals surface area contributed by atoms with Gasteiger partial charge in [-0.3, -0.25) is 0 Å². The molecular weight excluding hydrogens is 279 g/mol. The number of para-hydroxylation sites is 2. The summed E-state index contributed by atoms with van der Waals surface area (Å²) in [5.74, 6) is 0.345. The third-order valence-corrected chi connectivity index (χ3v) is 3.01. The first-order valence-electron chi connectivity index (χ1n) is 6.19. The molecule has 0 radical (unpaired) electrons. The third kappa shape index (κ3) is 2.65. The van der Waals surface area contributed by atoms with Crippen molar-refractivity contribution in [1.29, 1.82) is 0 Å². The summed E-state index contributed by atoms with van der Waals surface area (Å²) in [5, 5.41) is 3.34. The van der Waals surface area contributed by atoms with Gasteiger partial charge < -0.3 is 5.32 Å². The maximum atomic E-state index is 13.0. The van der Waals surface area contributed by atoms with Crippen molar-refractivity contribution in [2.45, 2.75) is 6.18 Å². The van der Waals surface area contributed by atoms with Gasteiger partial charge >= 0.3 is 6.18 Å². The Balaban J connectivity index is 2.13. The van der Waals surface area contributed by atoms with Crippen molar-refractivity contribution >= 4 is 22.4 Å². The molecule has 21 heavy (non-hydrogen) atoms. The van der Waals surface area contributed by atoms with Crippen LogP contribution in [-0.2, 0) is 6.18 Å². The average Bonchev–Trinajstić information content (AvgIpc) is 2.47. The molecule has 3 aromatic rings. The molecule has 0 bridgehead atoms. The number of hydrogen-bond donors (Lipinski definition) is 1. The number of halogens is 3. The fraction of sp³-hybridized carbons (Fsp3) is 0.0667. The van der Waals surface area contributed by atoms with Gasteiger partial charge in [0.2, 0.25) is 0 Å². The second-order valence-electron chi connectivity index (χ2n) is 4.41. The molecule has 6 heteroatoms. The Morgan fingerprint density at radius 2 is 1.62 bits per heavy atom. The van der Waals surface area contributed by atoms with Gasteiger partial charge in [-0.2, -0.15) is 13.2 Å². The van der Waals surface area contributed by atoms with Crippen LogP contribution >= 0.6 is 0 Å². The summed E-state index contributed by atoms with van der Waals surface area (Å²) in [6, 6.07) is 13.1. The molecule has 3 rings (SSSR count). The molecule has 0 aliphatic heterocycles. The van der Waals surface area contributed by atoms with E-state index in [9.17, 15) is 13.2 Å². The molecule has 1 aromatic heterocycles. The largest absolute Gasteiger partial charge is 0.418 e. The van der Waals surface area contributed by atoms with Crippen LogP contribution in [0.2, 0.25) is 0 Å². The number of hydrogen-bond acceptors (Lipinski definition) is 3. The molecule has 0 aliphatic carbocycles. The Morgan fingerprint density at radius 3 is 2.33 bits per heavy atom. The van der Waals surface area contributed by atoms with Gasteiger partial charge in [0.05, 0.1) is 11.1 Å². The molecule has 0 aliphatic rings. The third-order valence-electron chi connectivity index (χ3n) is 3.01. The number of fused-ring (bicyclic) bond motifs is 1. The first-order valence-corrected chi connectivity index (χ1v) is 6.19.